The molecule has 1 aromatic carbocycles. The van der Waals surface area contributed by atoms with E-state index in [1.807, 2.05) is 29.3 Å². The van der Waals surface area contributed by atoms with E-state index in [1.165, 1.54) is 0 Å². The molecule has 1 N–H and O–H groups in total. The highest BCUT2D eigenvalue weighted by molar-refractivity contribution is 5.95. The first-order chi connectivity index (χ1) is 11.6. The molecule has 1 unspecified atom stereocenters. The van der Waals surface area contributed by atoms with Crippen LogP contribution in [0.2, 0.25) is 0 Å². The molecule has 126 valence electrons. The van der Waals surface area contributed by atoms with E-state index >= 15 is 0 Å². The van der Waals surface area contributed by atoms with Crippen LogP contribution in [0.5, 0.6) is 0 Å². The molecule has 0 aliphatic carbocycles. The molecule has 1 aliphatic rings. The SMILES string of the molecule is O=C(O)CCc1ccccc1C(=O)N1CCCC(n2ccnn2)C1. The fourth-order valence-corrected chi connectivity index (χ4v) is 3.13. The summed E-state index contributed by atoms with van der Waals surface area (Å²) in [6.45, 7) is 1.30. The van der Waals surface area contributed by atoms with Crippen LogP contribution in [-0.2, 0) is 11.2 Å². The second kappa shape index (κ2) is 7.25. The maximum atomic E-state index is 12.9. The number of hydrogen-bond acceptors (Lipinski definition) is 4. The summed E-state index contributed by atoms with van der Waals surface area (Å²) in [6.07, 6.45) is 5.71. The molecular formula is C17H20N4O3. The Morgan fingerprint density at radius 2 is 2.12 bits per heavy atom. The van der Waals surface area contributed by atoms with Crippen LogP contribution in [-0.4, -0.2) is 50.0 Å². The number of piperidine rings is 1. The van der Waals surface area contributed by atoms with Crippen molar-refractivity contribution in [3.05, 3.63) is 47.8 Å². The van der Waals surface area contributed by atoms with E-state index < -0.39 is 5.97 Å². The first-order valence-corrected chi connectivity index (χ1v) is 8.10. The summed E-state index contributed by atoms with van der Waals surface area (Å²) in [7, 11) is 0. The Kier molecular flexibility index (Phi) is 4.88. The Morgan fingerprint density at radius 3 is 2.88 bits per heavy atom. The largest absolute Gasteiger partial charge is 0.481 e. The van der Waals surface area contributed by atoms with Crippen LogP contribution < -0.4 is 0 Å². The molecule has 1 atom stereocenters. The third-order valence-corrected chi connectivity index (χ3v) is 4.35. The van der Waals surface area contributed by atoms with Gasteiger partial charge in [-0.1, -0.05) is 23.4 Å². The zero-order valence-electron chi connectivity index (χ0n) is 13.3. The Bertz CT molecular complexity index is 714. The van der Waals surface area contributed by atoms with Crippen molar-refractivity contribution in [2.75, 3.05) is 13.1 Å². The van der Waals surface area contributed by atoms with Crippen LogP contribution in [0.1, 0.15) is 41.2 Å². The van der Waals surface area contributed by atoms with Crippen molar-refractivity contribution in [2.24, 2.45) is 0 Å². The van der Waals surface area contributed by atoms with Gasteiger partial charge in [0.1, 0.15) is 0 Å². The van der Waals surface area contributed by atoms with Crippen molar-refractivity contribution >= 4 is 11.9 Å². The molecule has 2 heterocycles. The molecule has 3 rings (SSSR count). The fourth-order valence-electron chi connectivity index (χ4n) is 3.13. The number of aromatic nitrogens is 3. The second-order valence-corrected chi connectivity index (χ2v) is 5.98. The summed E-state index contributed by atoms with van der Waals surface area (Å²) in [4.78, 5) is 25.6. The van der Waals surface area contributed by atoms with Gasteiger partial charge in [-0.25, -0.2) is 4.68 Å². The molecule has 0 bridgehead atoms. The number of carbonyl (C=O) groups is 2. The van der Waals surface area contributed by atoms with Gasteiger partial charge in [0.05, 0.1) is 12.2 Å². The van der Waals surface area contributed by atoms with Gasteiger partial charge in [0, 0.05) is 31.3 Å². The third kappa shape index (κ3) is 3.61. The van der Waals surface area contributed by atoms with Crippen molar-refractivity contribution in [3.63, 3.8) is 0 Å². The second-order valence-electron chi connectivity index (χ2n) is 5.98. The van der Waals surface area contributed by atoms with Crippen LogP contribution in [0.3, 0.4) is 0 Å². The summed E-state index contributed by atoms with van der Waals surface area (Å²) in [5, 5.41) is 16.8. The van der Waals surface area contributed by atoms with E-state index in [2.05, 4.69) is 10.3 Å². The first kappa shape index (κ1) is 16.2. The summed E-state index contributed by atoms with van der Waals surface area (Å²) in [5.41, 5.74) is 1.38. The lowest BCUT2D eigenvalue weighted by atomic mass is 9.99. The van der Waals surface area contributed by atoms with Gasteiger partial charge in [0.15, 0.2) is 0 Å². The molecule has 7 nitrogen and oxygen atoms in total. The Morgan fingerprint density at radius 1 is 1.29 bits per heavy atom. The Labute approximate surface area is 139 Å². The minimum atomic E-state index is -0.860. The summed E-state index contributed by atoms with van der Waals surface area (Å²) in [5.74, 6) is -0.901. The highest BCUT2D eigenvalue weighted by Crippen LogP contribution is 2.23. The normalized spacial score (nSPS) is 17.7. The molecule has 7 heteroatoms. The maximum absolute atomic E-state index is 12.9. The van der Waals surface area contributed by atoms with Gasteiger partial charge < -0.3 is 10.0 Å². The molecule has 2 aromatic rings. The number of nitrogens with zero attached hydrogens (tertiary/aromatic N) is 4. The zero-order chi connectivity index (χ0) is 16.9. The number of benzene rings is 1. The van der Waals surface area contributed by atoms with E-state index in [0.29, 0.717) is 25.1 Å². The van der Waals surface area contributed by atoms with Crippen molar-refractivity contribution in [3.8, 4) is 0 Å². The quantitative estimate of drug-likeness (QED) is 0.904. The number of aryl methyl sites for hydroxylation is 1. The number of carbonyl (C=O) groups excluding carboxylic acids is 1. The maximum Gasteiger partial charge on any atom is 0.303 e. The molecule has 1 fully saturated rings. The average molecular weight is 328 g/mol. The van der Waals surface area contributed by atoms with Crippen LogP contribution >= 0.6 is 0 Å². The highest BCUT2D eigenvalue weighted by atomic mass is 16.4. The number of carboxylic acids is 1. The van der Waals surface area contributed by atoms with Gasteiger partial charge >= 0.3 is 5.97 Å². The van der Waals surface area contributed by atoms with Gasteiger partial charge in [0.25, 0.3) is 5.91 Å². The molecule has 1 aliphatic heterocycles. The van der Waals surface area contributed by atoms with Crippen molar-refractivity contribution < 1.29 is 14.7 Å². The van der Waals surface area contributed by atoms with E-state index in [1.54, 1.807) is 16.9 Å². The van der Waals surface area contributed by atoms with Gasteiger partial charge in [-0.05, 0) is 30.9 Å². The number of likely N-dealkylation sites (tertiary alicyclic amines) is 1. The first-order valence-electron chi connectivity index (χ1n) is 8.10. The number of hydrogen-bond donors (Lipinski definition) is 1. The van der Waals surface area contributed by atoms with Crippen molar-refractivity contribution in [2.45, 2.75) is 31.7 Å². The van der Waals surface area contributed by atoms with Crippen LogP contribution in [0.15, 0.2) is 36.7 Å². The minimum Gasteiger partial charge on any atom is -0.481 e. The molecule has 24 heavy (non-hydrogen) atoms. The lowest BCUT2D eigenvalue weighted by Gasteiger charge is -2.33. The third-order valence-electron chi connectivity index (χ3n) is 4.35. The van der Waals surface area contributed by atoms with Gasteiger partial charge in [-0.2, -0.15) is 0 Å². The van der Waals surface area contributed by atoms with Gasteiger partial charge in [-0.15, -0.1) is 5.10 Å². The number of rotatable bonds is 5. The van der Waals surface area contributed by atoms with E-state index in [-0.39, 0.29) is 18.4 Å². The monoisotopic (exact) mass is 328 g/mol. The molecule has 0 radical (unpaired) electrons. The van der Waals surface area contributed by atoms with E-state index in [9.17, 15) is 9.59 Å². The topological polar surface area (TPSA) is 88.3 Å². The fraction of sp³-hybridized carbons (Fsp3) is 0.412. The smallest absolute Gasteiger partial charge is 0.303 e. The predicted octanol–water partition coefficient (Wildman–Crippen LogP) is 1.77. The number of amides is 1. The van der Waals surface area contributed by atoms with E-state index in [4.69, 9.17) is 5.11 Å². The summed E-state index contributed by atoms with van der Waals surface area (Å²) >= 11 is 0. The van der Waals surface area contributed by atoms with Gasteiger partial charge in [0.2, 0.25) is 0 Å². The zero-order valence-corrected chi connectivity index (χ0v) is 13.3. The lowest BCUT2D eigenvalue weighted by molar-refractivity contribution is -0.136. The lowest BCUT2D eigenvalue weighted by Crippen LogP contribution is -2.41. The molecular weight excluding hydrogens is 308 g/mol. The minimum absolute atomic E-state index is 0.0197. The van der Waals surface area contributed by atoms with Crippen molar-refractivity contribution in [1.29, 1.82) is 0 Å². The highest BCUT2D eigenvalue weighted by Gasteiger charge is 2.27. The number of carboxylic acid groups (broad SMARTS) is 1. The summed E-state index contributed by atoms with van der Waals surface area (Å²) in [6, 6.07) is 7.39. The molecule has 1 saturated heterocycles. The average Bonchev–Trinajstić information content (AvgIpc) is 3.14. The van der Waals surface area contributed by atoms with Crippen LogP contribution in [0.25, 0.3) is 0 Å². The summed E-state index contributed by atoms with van der Waals surface area (Å²) < 4.78 is 1.80. The van der Waals surface area contributed by atoms with E-state index in [0.717, 1.165) is 18.4 Å². The predicted molar refractivity (Wildman–Crippen MR) is 86.6 cm³/mol. The molecule has 0 saturated carbocycles. The number of aliphatic carboxylic acids is 1. The molecule has 0 spiro atoms. The van der Waals surface area contributed by atoms with Crippen LogP contribution in [0.4, 0.5) is 0 Å². The van der Waals surface area contributed by atoms with Crippen LogP contribution in [0, 0.1) is 0 Å². The molecule has 1 amide bonds. The van der Waals surface area contributed by atoms with Crippen molar-refractivity contribution in [1.82, 2.24) is 19.9 Å². The Hall–Kier alpha value is -2.70. The standard InChI is InChI=1S/C17H20N4O3/c22-16(23)8-7-13-4-1-2-6-15(13)17(24)20-10-3-5-14(12-20)21-11-9-18-19-21/h1-2,4,6,9,11,14H,3,5,7-8,10,12H2,(H,22,23). The molecule has 1 aromatic heterocycles. The Balaban J connectivity index is 1.75. The van der Waals surface area contributed by atoms with Gasteiger partial charge in [-0.3, -0.25) is 9.59 Å².